The lowest BCUT2D eigenvalue weighted by atomic mass is 10.0. The van der Waals surface area contributed by atoms with Crippen LogP contribution >= 0.6 is 0 Å². The molecule has 0 aromatic rings. The highest BCUT2D eigenvalue weighted by atomic mass is 16.6. The van der Waals surface area contributed by atoms with Crippen LogP contribution in [0.2, 0.25) is 0 Å². The molecule has 0 unspecified atom stereocenters. The normalized spacial score (nSPS) is 27.2. The van der Waals surface area contributed by atoms with Crippen LogP contribution in [0.1, 0.15) is 27.2 Å². The van der Waals surface area contributed by atoms with E-state index in [1.165, 1.54) is 20.8 Å². The van der Waals surface area contributed by atoms with Gasteiger partial charge in [0.15, 0.2) is 6.10 Å². The summed E-state index contributed by atoms with van der Waals surface area (Å²) in [5.41, 5.74) is 8.50. The summed E-state index contributed by atoms with van der Waals surface area (Å²) in [5, 5.41) is 3.42. The maximum Gasteiger partial charge on any atom is 0.303 e. The first-order valence-electron chi connectivity index (χ1n) is 6.51. The monoisotopic (exact) mass is 315 g/mol. The van der Waals surface area contributed by atoms with Crippen LogP contribution in [0.3, 0.4) is 0 Å². The first-order valence-corrected chi connectivity index (χ1v) is 6.51. The van der Waals surface area contributed by atoms with Gasteiger partial charge < -0.3 is 18.9 Å². The van der Waals surface area contributed by atoms with E-state index in [4.69, 9.17) is 24.5 Å². The van der Waals surface area contributed by atoms with Crippen LogP contribution in [0, 0.1) is 0 Å². The van der Waals surface area contributed by atoms with Crippen molar-refractivity contribution in [2.45, 2.75) is 51.7 Å². The number of carbonyl (C=O) groups is 3. The second-order valence-corrected chi connectivity index (χ2v) is 4.59. The lowest BCUT2D eigenvalue weighted by Crippen LogP contribution is -2.53. The molecule has 1 aliphatic rings. The largest absolute Gasteiger partial charge is 0.463 e. The first-order chi connectivity index (χ1) is 10.3. The molecule has 1 heterocycles. The van der Waals surface area contributed by atoms with Crippen molar-refractivity contribution < 1.29 is 33.3 Å². The topological polar surface area (TPSA) is 137 Å². The molecule has 0 aromatic carbocycles. The Morgan fingerprint density at radius 3 is 2.32 bits per heavy atom. The van der Waals surface area contributed by atoms with E-state index in [1.54, 1.807) is 0 Å². The van der Waals surface area contributed by atoms with E-state index in [0.29, 0.717) is 0 Å². The van der Waals surface area contributed by atoms with E-state index in [0.717, 1.165) is 0 Å². The van der Waals surface area contributed by atoms with E-state index in [1.807, 2.05) is 0 Å². The van der Waals surface area contributed by atoms with Gasteiger partial charge in [0.05, 0.1) is 0 Å². The Morgan fingerprint density at radius 1 is 1.18 bits per heavy atom. The predicted molar refractivity (Wildman–Crippen MR) is 70.2 cm³/mol. The van der Waals surface area contributed by atoms with Gasteiger partial charge in [0, 0.05) is 32.1 Å². The highest BCUT2D eigenvalue weighted by molar-refractivity contribution is 5.67. The molecule has 0 bridgehead atoms. The van der Waals surface area contributed by atoms with Crippen molar-refractivity contribution >= 4 is 17.9 Å². The minimum absolute atomic E-state index is 0.0260. The zero-order chi connectivity index (χ0) is 16.7. The minimum atomic E-state index is -0.967. The van der Waals surface area contributed by atoms with Gasteiger partial charge in [0.1, 0.15) is 25.0 Å². The third-order valence-electron chi connectivity index (χ3n) is 2.75. The Bertz CT molecular complexity index is 489. The van der Waals surface area contributed by atoms with Crippen molar-refractivity contribution in [3.63, 3.8) is 0 Å². The zero-order valence-corrected chi connectivity index (χ0v) is 12.4. The molecular weight excluding hydrogens is 298 g/mol. The summed E-state index contributed by atoms with van der Waals surface area (Å²) in [5.74, 6) is -1.75. The van der Waals surface area contributed by atoms with Crippen molar-refractivity contribution in [3.8, 4) is 0 Å². The average Bonchev–Trinajstić information content (AvgIpc) is 2.38. The van der Waals surface area contributed by atoms with Crippen LogP contribution in [0.25, 0.3) is 10.4 Å². The molecule has 4 atom stereocenters. The third kappa shape index (κ3) is 5.58. The number of carbonyl (C=O) groups excluding carboxylic acids is 3. The van der Waals surface area contributed by atoms with Gasteiger partial charge in [-0.05, 0) is 5.53 Å². The van der Waals surface area contributed by atoms with Gasteiger partial charge in [-0.15, -0.1) is 0 Å². The van der Waals surface area contributed by atoms with Crippen LogP contribution < -0.4 is 0 Å². The molecule has 0 amide bonds. The van der Waals surface area contributed by atoms with E-state index in [2.05, 4.69) is 10.0 Å². The van der Waals surface area contributed by atoms with Gasteiger partial charge in [-0.25, -0.2) is 0 Å². The Morgan fingerprint density at radius 2 is 1.82 bits per heavy atom. The number of esters is 3. The molecule has 0 aliphatic carbocycles. The third-order valence-corrected chi connectivity index (χ3v) is 2.75. The molecule has 122 valence electrons. The number of hydrogen-bond acceptors (Lipinski definition) is 8. The molecule has 0 radical (unpaired) electrons. The highest BCUT2D eigenvalue weighted by Crippen LogP contribution is 2.27. The molecule has 0 aromatic heterocycles. The van der Waals surface area contributed by atoms with Gasteiger partial charge >= 0.3 is 17.9 Å². The van der Waals surface area contributed by atoms with Crippen molar-refractivity contribution in [1.82, 2.24) is 0 Å². The number of azide groups is 1. The van der Waals surface area contributed by atoms with E-state index in [9.17, 15) is 14.4 Å². The standard InChI is InChI=1S/C12H17N3O7/c1-6(16)19-5-10-12(21-8(3)18)9(20-7(2)17)4-11(22-10)14-15-13/h9-12H,4-5H2,1-3H3/t9-,10-,11+,12-/m1/s1. The van der Waals surface area contributed by atoms with E-state index < -0.39 is 42.4 Å². The van der Waals surface area contributed by atoms with Crippen LogP contribution in [0.5, 0.6) is 0 Å². The average molecular weight is 315 g/mol. The minimum Gasteiger partial charge on any atom is -0.463 e. The number of hydrogen-bond donors (Lipinski definition) is 0. The summed E-state index contributed by atoms with van der Waals surface area (Å²) in [7, 11) is 0. The molecule has 22 heavy (non-hydrogen) atoms. The highest BCUT2D eigenvalue weighted by Gasteiger charge is 2.43. The SMILES string of the molecule is CC(=O)OC[C@H]1O[C@H](N=[N+]=[N-])C[C@@H](OC(C)=O)[C@H]1OC(C)=O. The van der Waals surface area contributed by atoms with Crippen molar-refractivity contribution in [2.24, 2.45) is 5.11 Å². The molecule has 1 aliphatic heterocycles. The maximum absolute atomic E-state index is 11.2. The summed E-state index contributed by atoms with van der Waals surface area (Å²) in [6.45, 7) is 3.36. The van der Waals surface area contributed by atoms with Crippen LogP contribution in [-0.2, 0) is 33.3 Å². The van der Waals surface area contributed by atoms with E-state index in [-0.39, 0.29) is 13.0 Å². The van der Waals surface area contributed by atoms with Crippen molar-refractivity contribution in [3.05, 3.63) is 10.4 Å². The fraction of sp³-hybridized carbons (Fsp3) is 0.750. The van der Waals surface area contributed by atoms with Gasteiger partial charge in [0.25, 0.3) is 0 Å². The van der Waals surface area contributed by atoms with E-state index >= 15 is 0 Å². The maximum atomic E-state index is 11.2. The Balaban J connectivity index is 2.96. The predicted octanol–water partition coefficient (Wildman–Crippen LogP) is 0.838. The Labute approximate surface area is 126 Å². The summed E-state index contributed by atoms with van der Waals surface area (Å²) in [6, 6.07) is 0. The molecular formula is C12H17N3O7. The Hall–Kier alpha value is -2.32. The second kappa shape index (κ2) is 8.20. The fourth-order valence-corrected chi connectivity index (χ4v) is 2.04. The number of rotatable bonds is 5. The molecule has 1 rings (SSSR count). The van der Waals surface area contributed by atoms with Crippen LogP contribution in [0.15, 0.2) is 5.11 Å². The quantitative estimate of drug-likeness (QED) is 0.241. The van der Waals surface area contributed by atoms with Gasteiger partial charge in [0.2, 0.25) is 0 Å². The van der Waals surface area contributed by atoms with Crippen molar-refractivity contribution in [2.75, 3.05) is 6.61 Å². The Kier molecular flexibility index (Phi) is 6.61. The number of nitrogens with zero attached hydrogens (tertiary/aromatic N) is 3. The van der Waals surface area contributed by atoms with Gasteiger partial charge in [-0.3, -0.25) is 14.4 Å². The van der Waals surface area contributed by atoms with Crippen LogP contribution in [0.4, 0.5) is 0 Å². The second-order valence-electron chi connectivity index (χ2n) is 4.59. The molecule has 0 spiro atoms. The summed E-state index contributed by atoms with van der Waals surface area (Å²) >= 11 is 0. The first kappa shape index (κ1) is 17.7. The molecule has 1 fully saturated rings. The van der Waals surface area contributed by atoms with Gasteiger partial charge in [-0.2, -0.15) is 0 Å². The molecule has 1 saturated heterocycles. The summed E-state index contributed by atoms with van der Waals surface area (Å²) in [4.78, 5) is 36.0. The molecule has 10 heteroatoms. The summed E-state index contributed by atoms with van der Waals surface area (Å²) < 4.78 is 20.5. The molecule has 0 N–H and O–H groups in total. The smallest absolute Gasteiger partial charge is 0.303 e. The fourth-order valence-electron chi connectivity index (χ4n) is 2.04. The lowest BCUT2D eigenvalue weighted by Gasteiger charge is -2.38. The number of ether oxygens (including phenoxy) is 4. The summed E-state index contributed by atoms with van der Waals surface area (Å²) in [6.07, 6.45) is -3.65. The van der Waals surface area contributed by atoms with Crippen molar-refractivity contribution in [1.29, 1.82) is 0 Å². The molecule has 10 nitrogen and oxygen atoms in total. The molecule has 0 saturated carbocycles. The van der Waals surface area contributed by atoms with Crippen LogP contribution in [-0.4, -0.2) is 49.1 Å². The van der Waals surface area contributed by atoms with Gasteiger partial charge in [-0.1, -0.05) is 5.11 Å². The lowest BCUT2D eigenvalue weighted by molar-refractivity contribution is -0.214. The zero-order valence-electron chi connectivity index (χ0n) is 12.4.